The molecule has 0 saturated heterocycles. The van der Waals surface area contributed by atoms with Gasteiger partial charge >= 0.3 is 0 Å². The van der Waals surface area contributed by atoms with Gasteiger partial charge in [0, 0.05) is 18.5 Å². The SMILES string of the molecule is CCC(=O)c1cccc(S(=O)(=O)NCC(O)CC)c1. The van der Waals surface area contributed by atoms with Crippen LogP contribution in [0.1, 0.15) is 37.0 Å². The van der Waals surface area contributed by atoms with Crippen LogP contribution in [0.2, 0.25) is 0 Å². The quantitative estimate of drug-likeness (QED) is 0.740. The van der Waals surface area contributed by atoms with Gasteiger partial charge in [-0.15, -0.1) is 0 Å². The summed E-state index contributed by atoms with van der Waals surface area (Å²) >= 11 is 0. The van der Waals surface area contributed by atoms with Gasteiger partial charge in [0.05, 0.1) is 11.0 Å². The van der Waals surface area contributed by atoms with Gasteiger partial charge in [-0.1, -0.05) is 26.0 Å². The Bertz CT molecular complexity index is 539. The number of nitrogens with one attached hydrogen (secondary N) is 1. The number of aliphatic hydroxyl groups is 1. The third kappa shape index (κ3) is 4.41. The minimum Gasteiger partial charge on any atom is -0.392 e. The molecule has 1 rings (SSSR count). The fourth-order valence-electron chi connectivity index (χ4n) is 1.47. The molecular formula is C13H19NO4S. The van der Waals surface area contributed by atoms with Gasteiger partial charge in [0.25, 0.3) is 0 Å². The van der Waals surface area contributed by atoms with Crippen LogP contribution in [0.5, 0.6) is 0 Å². The molecule has 0 aromatic heterocycles. The van der Waals surface area contributed by atoms with Crippen molar-refractivity contribution >= 4 is 15.8 Å². The van der Waals surface area contributed by atoms with Crippen molar-refractivity contribution in [3.8, 4) is 0 Å². The Balaban J connectivity index is 2.92. The molecule has 19 heavy (non-hydrogen) atoms. The van der Waals surface area contributed by atoms with E-state index in [9.17, 15) is 18.3 Å². The van der Waals surface area contributed by atoms with E-state index in [0.717, 1.165) is 0 Å². The van der Waals surface area contributed by atoms with Crippen LogP contribution in [0.25, 0.3) is 0 Å². The third-order valence-electron chi connectivity index (χ3n) is 2.77. The first-order chi connectivity index (χ1) is 8.90. The van der Waals surface area contributed by atoms with Gasteiger partial charge in [0.1, 0.15) is 0 Å². The molecule has 0 heterocycles. The maximum absolute atomic E-state index is 12.0. The van der Waals surface area contributed by atoms with E-state index in [1.54, 1.807) is 19.9 Å². The number of aliphatic hydroxyl groups excluding tert-OH is 1. The first kappa shape index (κ1) is 15.8. The van der Waals surface area contributed by atoms with Gasteiger partial charge < -0.3 is 5.11 Å². The molecule has 0 aliphatic carbocycles. The van der Waals surface area contributed by atoms with Crippen LogP contribution in [-0.2, 0) is 10.0 Å². The van der Waals surface area contributed by atoms with Crippen LogP contribution in [-0.4, -0.2) is 32.0 Å². The highest BCUT2D eigenvalue weighted by Crippen LogP contribution is 2.13. The summed E-state index contributed by atoms with van der Waals surface area (Å²) in [7, 11) is -3.69. The summed E-state index contributed by atoms with van der Waals surface area (Å²) in [6.07, 6.45) is 0.0813. The summed E-state index contributed by atoms with van der Waals surface area (Å²) in [4.78, 5) is 11.6. The maximum Gasteiger partial charge on any atom is 0.240 e. The first-order valence-corrected chi connectivity index (χ1v) is 7.70. The Kier molecular flexibility index (Phi) is 5.65. The van der Waals surface area contributed by atoms with E-state index < -0.39 is 16.1 Å². The highest BCUT2D eigenvalue weighted by atomic mass is 32.2. The second-order valence-corrected chi connectivity index (χ2v) is 5.99. The molecule has 0 spiro atoms. The Morgan fingerprint density at radius 2 is 2.05 bits per heavy atom. The number of hydrogen-bond acceptors (Lipinski definition) is 4. The third-order valence-corrected chi connectivity index (χ3v) is 4.19. The summed E-state index contributed by atoms with van der Waals surface area (Å²) in [5, 5.41) is 9.37. The number of benzene rings is 1. The zero-order valence-electron chi connectivity index (χ0n) is 11.1. The number of sulfonamides is 1. The highest BCUT2D eigenvalue weighted by Gasteiger charge is 2.16. The molecule has 1 aromatic rings. The lowest BCUT2D eigenvalue weighted by Gasteiger charge is -2.10. The number of hydrogen-bond donors (Lipinski definition) is 2. The zero-order valence-corrected chi connectivity index (χ0v) is 11.9. The molecule has 2 N–H and O–H groups in total. The van der Waals surface area contributed by atoms with E-state index in [2.05, 4.69) is 4.72 Å². The second-order valence-electron chi connectivity index (χ2n) is 4.22. The number of carbonyl (C=O) groups is 1. The van der Waals surface area contributed by atoms with Crippen molar-refractivity contribution in [1.29, 1.82) is 0 Å². The van der Waals surface area contributed by atoms with Gasteiger partial charge in [0.15, 0.2) is 5.78 Å². The Morgan fingerprint density at radius 1 is 1.37 bits per heavy atom. The molecule has 0 bridgehead atoms. The molecule has 0 saturated carbocycles. The van der Waals surface area contributed by atoms with E-state index in [1.807, 2.05) is 0 Å². The monoisotopic (exact) mass is 285 g/mol. The van der Waals surface area contributed by atoms with Gasteiger partial charge in [-0.2, -0.15) is 0 Å². The van der Waals surface area contributed by atoms with Crippen molar-refractivity contribution in [3.63, 3.8) is 0 Å². The Morgan fingerprint density at radius 3 is 2.63 bits per heavy atom. The van der Waals surface area contributed by atoms with Crippen LogP contribution in [0.15, 0.2) is 29.2 Å². The predicted octanol–water partition coefficient (Wildman–Crippen LogP) is 1.33. The minimum absolute atomic E-state index is 0.0369. The normalized spacial score (nSPS) is 13.2. The van der Waals surface area contributed by atoms with Crippen molar-refractivity contribution in [1.82, 2.24) is 4.72 Å². The van der Waals surface area contributed by atoms with E-state index in [4.69, 9.17) is 0 Å². The number of rotatable bonds is 7. The second kappa shape index (κ2) is 6.79. The Labute approximate surface area is 113 Å². The summed E-state index contributed by atoms with van der Waals surface area (Å²) in [6, 6.07) is 5.90. The predicted molar refractivity (Wildman–Crippen MR) is 72.5 cm³/mol. The van der Waals surface area contributed by atoms with Gasteiger partial charge in [-0.05, 0) is 18.6 Å². The summed E-state index contributed by atoms with van der Waals surface area (Å²) < 4.78 is 26.3. The van der Waals surface area contributed by atoms with Crippen molar-refractivity contribution in [2.45, 2.75) is 37.7 Å². The van der Waals surface area contributed by atoms with Gasteiger partial charge in [-0.3, -0.25) is 4.79 Å². The van der Waals surface area contributed by atoms with Gasteiger partial charge in [0.2, 0.25) is 10.0 Å². The lowest BCUT2D eigenvalue weighted by Crippen LogP contribution is -2.31. The topological polar surface area (TPSA) is 83.5 Å². The van der Waals surface area contributed by atoms with Crippen LogP contribution < -0.4 is 4.72 Å². The molecule has 1 aromatic carbocycles. The molecule has 5 nitrogen and oxygen atoms in total. The van der Waals surface area contributed by atoms with Crippen LogP contribution in [0, 0.1) is 0 Å². The van der Waals surface area contributed by atoms with E-state index in [-0.39, 0.29) is 17.2 Å². The molecular weight excluding hydrogens is 266 g/mol. The zero-order chi connectivity index (χ0) is 14.5. The molecule has 0 fully saturated rings. The fourth-order valence-corrected chi connectivity index (χ4v) is 2.59. The van der Waals surface area contributed by atoms with Crippen LogP contribution in [0.3, 0.4) is 0 Å². The van der Waals surface area contributed by atoms with Crippen molar-refractivity contribution < 1.29 is 18.3 Å². The van der Waals surface area contributed by atoms with E-state index in [1.165, 1.54) is 18.2 Å². The van der Waals surface area contributed by atoms with Gasteiger partial charge in [-0.25, -0.2) is 13.1 Å². The average Bonchev–Trinajstić information content (AvgIpc) is 2.44. The fraction of sp³-hybridized carbons (Fsp3) is 0.462. The molecule has 106 valence electrons. The Hall–Kier alpha value is -1.24. The minimum atomic E-state index is -3.69. The highest BCUT2D eigenvalue weighted by molar-refractivity contribution is 7.89. The lowest BCUT2D eigenvalue weighted by atomic mass is 10.1. The number of carbonyl (C=O) groups excluding carboxylic acids is 1. The molecule has 0 amide bonds. The molecule has 0 aliphatic rings. The number of ketones is 1. The van der Waals surface area contributed by atoms with Crippen molar-refractivity contribution in [2.24, 2.45) is 0 Å². The van der Waals surface area contributed by atoms with Crippen molar-refractivity contribution in [2.75, 3.05) is 6.54 Å². The summed E-state index contributed by atoms with van der Waals surface area (Å²) in [5.74, 6) is -0.106. The first-order valence-electron chi connectivity index (χ1n) is 6.21. The van der Waals surface area contributed by atoms with Crippen LogP contribution in [0.4, 0.5) is 0 Å². The average molecular weight is 285 g/mol. The molecule has 1 atom stereocenters. The van der Waals surface area contributed by atoms with E-state index in [0.29, 0.717) is 18.4 Å². The smallest absolute Gasteiger partial charge is 0.240 e. The summed E-state index contributed by atoms with van der Waals surface area (Å²) in [6.45, 7) is 3.45. The van der Waals surface area contributed by atoms with Crippen LogP contribution >= 0.6 is 0 Å². The maximum atomic E-state index is 12.0. The largest absolute Gasteiger partial charge is 0.392 e. The number of Topliss-reactive ketones (excluding diaryl/α,β-unsaturated/α-hetero) is 1. The molecule has 0 aliphatic heterocycles. The molecule has 0 radical (unpaired) electrons. The standard InChI is InChI=1S/C13H19NO4S/c1-3-11(15)9-14-19(17,18)12-7-5-6-10(8-12)13(16)4-2/h5-8,11,14-15H,3-4,9H2,1-2H3. The van der Waals surface area contributed by atoms with E-state index >= 15 is 0 Å². The molecule has 1 unspecified atom stereocenters. The van der Waals surface area contributed by atoms with Crippen molar-refractivity contribution in [3.05, 3.63) is 29.8 Å². The summed E-state index contributed by atoms with van der Waals surface area (Å²) in [5.41, 5.74) is 0.376. The lowest BCUT2D eigenvalue weighted by molar-refractivity contribution is 0.0988. The molecule has 6 heteroatoms.